The number of ether oxygens (including phenoxy) is 1. The fraction of sp³-hybridized carbons (Fsp3) is 0.273. The van der Waals surface area contributed by atoms with Crippen LogP contribution in [0.2, 0.25) is 0 Å². The number of carbonyl (C=O) groups is 1. The second-order valence-electron chi connectivity index (χ2n) is 5.94. The van der Waals surface area contributed by atoms with Gasteiger partial charge in [0, 0.05) is 11.1 Å². The number of benzene rings is 2. The predicted molar refractivity (Wildman–Crippen MR) is 103 cm³/mol. The van der Waals surface area contributed by atoms with Crippen LogP contribution >= 0.6 is 0 Å². The molecule has 130 valence electrons. The smallest absolute Gasteiger partial charge is 0.280 e. The van der Waals surface area contributed by atoms with Gasteiger partial charge in [-0.2, -0.15) is 4.99 Å². The fourth-order valence-electron chi connectivity index (χ4n) is 2.29. The van der Waals surface area contributed by atoms with E-state index in [-0.39, 0.29) is 5.91 Å². The normalized spacial score (nSPS) is 12.1. The largest absolute Gasteiger partial charge is 0.473 e. The quantitative estimate of drug-likeness (QED) is 0.293. The van der Waals surface area contributed by atoms with Crippen LogP contribution in [0.4, 0.5) is 0 Å². The van der Waals surface area contributed by atoms with Gasteiger partial charge in [0.05, 0.1) is 0 Å². The topological polar surface area (TPSA) is 38.7 Å². The molecule has 0 heterocycles. The third kappa shape index (κ3) is 6.38. The number of nitrogens with zero attached hydrogens (tertiary/aromatic N) is 1. The van der Waals surface area contributed by atoms with E-state index in [1.165, 1.54) is 12.8 Å². The highest BCUT2D eigenvalue weighted by molar-refractivity contribution is 6.07. The van der Waals surface area contributed by atoms with Gasteiger partial charge in [0.2, 0.25) is 5.90 Å². The van der Waals surface area contributed by atoms with E-state index in [1.54, 1.807) is 12.1 Å². The number of rotatable bonds is 7. The van der Waals surface area contributed by atoms with E-state index in [2.05, 4.69) is 18.0 Å². The van der Waals surface area contributed by atoms with Gasteiger partial charge in [-0.1, -0.05) is 62.2 Å². The van der Waals surface area contributed by atoms with Gasteiger partial charge in [0.25, 0.3) is 5.91 Å². The summed E-state index contributed by atoms with van der Waals surface area (Å²) in [5.41, 5.74) is 2.49. The van der Waals surface area contributed by atoms with E-state index in [0.29, 0.717) is 18.1 Å². The molecular formula is C22H25NO2. The van der Waals surface area contributed by atoms with Crippen molar-refractivity contribution in [3.63, 3.8) is 0 Å². The standard InChI is InChI=1S/C22H25NO2/c1-3-4-7-12-18(2)17-25-22(20-15-10-6-11-16-20)23-21(24)19-13-8-5-9-14-19/h5-6,8-16H,3-4,7,17H2,1-2H3/b18-12-,23-22?. The molecule has 3 heteroatoms. The monoisotopic (exact) mass is 335 g/mol. The molecule has 0 N–H and O–H groups in total. The maximum absolute atomic E-state index is 12.4. The summed E-state index contributed by atoms with van der Waals surface area (Å²) in [5.74, 6) is 0.0600. The lowest BCUT2D eigenvalue weighted by Crippen LogP contribution is -2.12. The zero-order valence-electron chi connectivity index (χ0n) is 14.9. The Morgan fingerprint density at radius 3 is 2.20 bits per heavy atom. The van der Waals surface area contributed by atoms with Crippen LogP contribution in [0.15, 0.2) is 77.3 Å². The second kappa shape index (κ2) is 10.2. The second-order valence-corrected chi connectivity index (χ2v) is 5.94. The van der Waals surface area contributed by atoms with Crippen molar-refractivity contribution in [2.24, 2.45) is 4.99 Å². The number of aliphatic imine (C=N–C) groups is 1. The Hall–Kier alpha value is -2.68. The van der Waals surface area contributed by atoms with Gasteiger partial charge < -0.3 is 4.74 Å². The molecule has 1 amide bonds. The van der Waals surface area contributed by atoms with Crippen LogP contribution in [0.5, 0.6) is 0 Å². The first kappa shape index (κ1) is 18.7. The Morgan fingerprint density at radius 2 is 1.60 bits per heavy atom. The summed E-state index contributed by atoms with van der Waals surface area (Å²) in [6, 6.07) is 18.6. The van der Waals surface area contributed by atoms with E-state index >= 15 is 0 Å². The minimum atomic E-state index is -0.299. The molecule has 0 aliphatic heterocycles. The first-order valence-electron chi connectivity index (χ1n) is 8.72. The molecule has 0 aromatic heterocycles. The van der Waals surface area contributed by atoms with E-state index in [0.717, 1.165) is 17.6 Å². The van der Waals surface area contributed by atoms with Gasteiger partial charge in [0.15, 0.2) is 0 Å². The molecule has 0 atom stereocenters. The van der Waals surface area contributed by atoms with E-state index in [4.69, 9.17) is 4.74 Å². The van der Waals surface area contributed by atoms with E-state index < -0.39 is 0 Å². The Bertz CT molecular complexity index is 718. The highest BCUT2D eigenvalue weighted by atomic mass is 16.5. The Morgan fingerprint density at radius 1 is 1.00 bits per heavy atom. The van der Waals surface area contributed by atoms with Crippen molar-refractivity contribution in [3.05, 3.63) is 83.4 Å². The van der Waals surface area contributed by atoms with Crippen LogP contribution < -0.4 is 0 Å². The van der Waals surface area contributed by atoms with Crippen LogP contribution in [0, 0.1) is 0 Å². The number of hydrogen-bond acceptors (Lipinski definition) is 2. The SMILES string of the molecule is CCCC/C=C(/C)COC(=NC(=O)c1ccccc1)c1ccccc1. The maximum atomic E-state index is 12.4. The van der Waals surface area contributed by atoms with Crippen molar-refractivity contribution in [1.82, 2.24) is 0 Å². The highest BCUT2D eigenvalue weighted by Crippen LogP contribution is 2.09. The first-order valence-corrected chi connectivity index (χ1v) is 8.72. The number of carbonyl (C=O) groups excluding carboxylic acids is 1. The molecule has 0 aliphatic carbocycles. The van der Waals surface area contributed by atoms with Gasteiger partial charge in [0.1, 0.15) is 6.61 Å². The summed E-state index contributed by atoms with van der Waals surface area (Å²) in [7, 11) is 0. The van der Waals surface area contributed by atoms with E-state index in [9.17, 15) is 4.79 Å². The molecule has 0 saturated carbocycles. The van der Waals surface area contributed by atoms with Gasteiger partial charge >= 0.3 is 0 Å². The van der Waals surface area contributed by atoms with Crippen molar-refractivity contribution in [1.29, 1.82) is 0 Å². The zero-order valence-corrected chi connectivity index (χ0v) is 14.9. The lowest BCUT2D eigenvalue weighted by Gasteiger charge is -2.10. The van der Waals surface area contributed by atoms with Crippen LogP contribution in [-0.2, 0) is 4.74 Å². The highest BCUT2D eigenvalue weighted by Gasteiger charge is 2.10. The van der Waals surface area contributed by atoms with Crippen molar-refractivity contribution in [2.75, 3.05) is 6.61 Å². The fourth-order valence-corrected chi connectivity index (χ4v) is 2.29. The van der Waals surface area contributed by atoms with Crippen molar-refractivity contribution in [3.8, 4) is 0 Å². The average molecular weight is 335 g/mol. The molecule has 0 fully saturated rings. The molecule has 3 nitrogen and oxygen atoms in total. The molecule has 0 aliphatic rings. The van der Waals surface area contributed by atoms with Gasteiger partial charge in [-0.15, -0.1) is 0 Å². The third-order valence-electron chi connectivity index (χ3n) is 3.73. The van der Waals surface area contributed by atoms with Gasteiger partial charge in [-0.3, -0.25) is 4.79 Å². The molecule has 0 radical (unpaired) electrons. The van der Waals surface area contributed by atoms with Crippen molar-refractivity contribution < 1.29 is 9.53 Å². The summed E-state index contributed by atoms with van der Waals surface area (Å²) >= 11 is 0. The summed E-state index contributed by atoms with van der Waals surface area (Å²) in [6.45, 7) is 4.64. The number of amides is 1. The molecule has 2 rings (SSSR count). The molecular weight excluding hydrogens is 310 g/mol. The molecule has 0 unspecified atom stereocenters. The van der Waals surface area contributed by atoms with Crippen LogP contribution in [0.1, 0.15) is 49.0 Å². The molecule has 0 bridgehead atoms. The minimum Gasteiger partial charge on any atom is -0.473 e. The summed E-state index contributed by atoms with van der Waals surface area (Å²) in [6.07, 6.45) is 5.58. The summed E-state index contributed by atoms with van der Waals surface area (Å²) < 4.78 is 5.87. The first-order chi connectivity index (χ1) is 12.2. The molecule has 25 heavy (non-hydrogen) atoms. The van der Waals surface area contributed by atoms with Gasteiger partial charge in [-0.25, -0.2) is 0 Å². The summed E-state index contributed by atoms with van der Waals surface area (Å²) in [4.78, 5) is 16.6. The molecule has 0 saturated heterocycles. The van der Waals surface area contributed by atoms with Crippen LogP contribution in [0.25, 0.3) is 0 Å². The predicted octanol–water partition coefficient (Wildman–Crippen LogP) is 5.43. The Labute approximate surface area is 150 Å². The lowest BCUT2D eigenvalue weighted by molar-refractivity contribution is 0.0999. The Kier molecular flexibility index (Phi) is 7.64. The average Bonchev–Trinajstić information content (AvgIpc) is 2.66. The molecule has 2 aromatic rings. The maximum Gasteiger partial charge on any atom is 0.280 e. The third-order valence-corrected chi connectivity index (χ3v) is 3.73. The Balaban J connectivity index is 2.15. The minimum absolute atomic E-state index is 0.299. The lowest BCUT2D eigenvalue weighted by atomic mass is 10.2. The van der Waals surface area contributed by atoms with E-state index in [1.807, 2.05) is 55.5 Å². The number of hydrogen-bond donors (Lipinski definition) is 0. The molecule has 0 spiro atoms. The number of allylic oxidation sites excluding steroid dienone is 1. The van der Waals surface area contributed by atoms with Gasteiger partial charge in [-0.05, 0) is 43.2 Å². The van der Waals surface area contributed by atoms with Crippen LogP contribution in [-0.4, -0.2) is 18.4 Å². The van der Waals surface area contributed by atoms with Crippen LogP contribution in [0.3, 0.4) is 0 Å². The van der Waals surface area contributed by atoms with Crippen molar-refractivity contribution in [2.45, 2.75) is 33.1 Å². The summed E-state index contributed by atoms with van der Waals surface area (Å²) in [5, 5.41) is 0. The zero-order chi connectivity index (χ0) is 17.9. The van der Waals surface area contributed by atoms with Crippen molar-refractivity contribution >= 4 is 11.8 Å². The molecule has 2 aromatic carbocycles. The number of unbranched alkanes of at least 4 members (excludes halogenated alkanes) is 2.